The first-order chi connectivity index (χ1) is 7.54. The fourth-order valence-electron chi connectivity index (χ4n) is 1.50. The van der Waals surface area contributed by atoms with Gasteiger partial charge >= 0.3 is 18.9 Å². The van der Waals surface area contributed by atoms with Crippen molar-refractivity contribution >= 4 is 21.5 Å². The maximum atomic E-state index is 10.5. The largest absolute Gasteiger partial charge is 1.00 e. The average molecular weight is 272 g/mol. The molecule has 0 aliphatic carbocycles. The van der Waals surface area contributed by atoms with Crippen LogP contribution in [0.1, 0.15) is 14.3 Å². The zero-order valence-electron chi connectivity index (χ0n) is 10.5. The molecule has 2 rings (SSSR count). The Bertz CT molecular complexity index is 461. The van der Waals surface area contributed by atoms with Crippen LogP contribution >= 0.6 is 11.3 Å². The second-order valence-electron chi connectivity index (χ2n) is 3.58. The van der Waals surface area contributed by atoms with E-state index >= 15 is 0 Å². The molecule has 1 aliphatic rings. The fourth-order valence-corrected chi connectivity index (χ4v) is 2.70. The molecule has 0 spiro atoms. The van der Waals surface area contributed by atoms with Crippen molar-refractivity contribution in [1.82, 2.24) is 0 Å². The summed E-state index contributed by atoms with van der Waals surface area (Å²) in [6.07, 6.45) is 0.783. The molecule has 1 atom stereocenters. The predicted molar refractivity (Wildman–Crippen MR) is 61.0 cm³/mol. The minimum atomic E-state index is -3.87. The number of hydrogen-bond donors (Lipinski definition) is 1. The number of rotatable bonds is 4. The number of fused-ring (bicyclic) bond motifs is 1. The minimum absolute atomic E-state index is 0. The molecule has 2 heterocycles. The molecule has 1 aromatic heterocycles. The van der Waals surface area contributed by atoms with Gasteiger partial charge in [-0.25, -0.2) is 0 Å². The fraction of sp³-hybridized carbons (Fsp3) is 0.556. The van der Waals surface area contributed by atoms with Crippen molar-refractivity contribution < 1.29 is 42.7 Å². The Morgan fingerprint density at radius 2 is 2.18 bits per heavy atom. The van der Waals surface area contributed by atoms with Crippen molar-refractivity contribution in [1.29, 1.82) is 0 Å². The van der Waals surface area contributed by atoms with Crippen LogP contribution in [0.25, 0.3) is 0 Å². The molecule has 1 aliphatic heterocycles. The molecule has 5 nitrogen and oxygen atoms in total. The van der Waals surface area contributed by atoms with Crippen molar-refractivity contribution in [3.8, 4) is 11.5 Å². The maximum Gasteiger partial charge on any atom is 1.00 e. The second-order valence-corrected chi connectivity index (χ2v) is 5.90. The van der Waals surface area contributed by atoms with Crippen LogP contribution in [0, 0.1) is 0 Å². The molecule has 0 fully saturated rings. The molecular formula is C9H13LiO5S2. The smallest absolute Gasteiger partial charge is 1.00 e. The van der Waals surface area contributed by atoms with Crippen LogP contribution in [-0.2, 0) is 10.1 Å². The van der Waals surface area contributed by atoms with E-state index in [1.807, 2.05) is 10.8 Å². The zero-order valence-corrected chi connectivity index (χ0v) is 11.1. The SMILES string of the molecule is O=S(=O)(O)CCCC1COc2cscc2O1.[H-].[Li+]. The first kappa shape index (κ1) is 14.9. The number of ether oxygens (including phenoxy) is 2. The molecule has 0 saturated heterocycles. The Morgan fingerprint density at radius 3 is 2.88 bits per heavy atom. The summed E-state index contributed by atoms with van der Waals surface area (Å²) in [7, 11) is -3.87. The topological polar surface area (TPSA) is 72.8 Å². The maximum absolute atomic E-state index is 10.5. The second kappa shape index (κ2) is 6.11. The van der Waals surface area contributed by atoms with Gasteiger partial charge in [0.2, 0.25) is 0 Å². The van der Waals surface area contributed by atoms with Crippen molar-refractivity contribution in [2.45, 2.75) is 18.9 Å². The zero-order chi connectivity index (χ0) is 11.6. The van der Waals surface area contributed by atoms with E-state index in [9.17, 15) is 8.42 Å². The van der Waals surface area contributed by atoms with Crippen LogP contribution in [0.3, 0.4) is 0 Å². The van der Waals surface area contributed by atoms with E-state index in [0.29, 0.717) is 25.2 Å². The van der Waals surface area contributed by atoms with Crippen molar-refractivity contribution in [2.24, 2.45) is 0 Å². The summed E-state index contributed by atoms with van der Waals surface area (Å²) >= 11 is 1.50. The summed E-state index contributed by atoms with van der Waals surface area (Å²) in [6.45, 7) is 0.426. The molecule has 0 amide bonds. The van der Waals surface area contributed by atoms with E-state index in [-0.39, 0.29) is 32.1 Å². The molecular weight excluding hydrogens is 259 g/mol. The summed E-state index contributed by atoms with van der Waals surface area (Å²) < 4.78 is 40.6. The number of thiophene rings is 1. The molecule has 17 heavy (non-hydrogen) atoms. The van der Waals surface area contributed by atoms with Crippen molar-refractivity contribution in [3.05, 3.63) is 10.8 Å². The third kappa shape index (κ3) is 4.52. The Morgan fingerprint density at radius 1 is 1.47 bits per heavy atom. The summed E-state index contributed by atoms with van der Waals surface area (Å²) in [6, 6.07) is 0. The van der Waals surface area contributed by atoms with Crippen LogP contribution in [0.4, 0.5) is 0 Å². The summed E-state index contributed by atoms with van der Waals surface area (Å²) in [5.41, 5.74) is 0. The van der Waals surface area contributed by atoms with E-state index in [2.05, 4.69) is 0 Å². The van der Waals surface area contributed by atoms with Crippen LogP contribution in [0.2, 0.25) is 0 Å². The van der Waals surface area contributed by atoms with Crippen LogP contribution in [0.5, 0.6) is 11.5 Å². The Hall–Kier alpha value is -0.193. The minimum Gasteiger partial charge on any atom is -1.00 e. The molecule has 0 radical (unpaired) electrons. The van der Waals surface area contributed by atoms with Gasteiger partial charge < -0.3 is 10.9 Å². The van der Waals surface area contributed by atoms with Gasteiger partial charge in [0.25, 0.3) is 10.1 Å². The third-order valence-corrected chi connectivity index (χ3v) is 3.74. The first-order valence-corrected chi connectivity index (χ1v) is 7.40. The van der Waals surface area contributed by atoms with Crippen LogP contribution in [-0.4, -0.2) is 31.4 Å². The van der Waals surface area contributed by atoms with Gasteiger partial charge in [-0.3, -0.25) is 4.55 Å². The molecule has 1 aromatic rings. The van der Waals surface area contributed by atoms with Gasteiger partial charge in [0.1, 0.15) is 12.7 Å². The van der Waals surface area contributed by atoms with E-state index in [4.69, 9.17) is 14.0 Å². The predicted octanol–water partition coefficient (Wildman–Crippen LogP) is -1.33. The molecule has 0 bridgehead atoms. The monoisotopic (exact) mass is 272 g/mol. The first-order valence-electron chi connectivity index (χ1n) is 4.85. The molecule has 92 valence electrons. The van der Waals surface area contributed by atoms with E-state index in [1.54, 1.807) is 0 Å². The van der Waals surface area contributed by atoms with Crippen molar-refractivity contribution in [2.75, 3.05) is 12.4 Å². The Kier molecular flexibility index (Phi) is 5.35. The van der Waals surface area contributed by atoms with Crippen molar-refractivity contribution in [3.63, 3.8) is 0 Å². The molecule has 1 N–H and O–H groups in total. The Balaban J connectivity index is 0.00000144. The van der Waals surface area contributed by atoms with Gasteiger partial charge in [0.15, 0.2) is 11.5 Å². The molecule has 8 heteroatoms. The van der Waals surface area contributed by atoms with E-state index in [1.165, 1.54) is 11.3 Å². The van der Waals surface area contributed by atoms with Gasteiger partial charge in [-0.05, 0) is 12.8 Å². The molecule has 1 unspecified atom stereocenters. The van der Waals surface area contributed by atoms with Crippen LogP contribution < -0.4 is 28.3 Å². The normalized spacial score (nSPS) is 18.5. The quantitative estimate of drug-likeness (QED) is 0.543. The van der Waals surface area contributed by atoms with Gasteiger partial charge in [-0.15, -0.1) is 11.3 Å². The van der Waals surface area contributed by atoms with Gasteiger partial charge in [-0.2, -0.15) is 8.42 Å². The summed E-state index contributed by atoms with van der Waals surface area (Å²) in [4.78, 5) is 0. The van der Waals surface area contributed by atoms with Gasteiger partial charge in [0.05, 0.1) is 5.75 Å². The Labute approximate surface area is 118 Å². The van der Waals surface area contributed by atoms with Gasteiger partial charge in [0, 0.05) is 10.8 Å². The van der Waals surface area contributed by atoms with E-state index < -0.39 is 10.1 Å². The summed E-state index contributed by atoms with van der Waals surface area (Å²) in [5, 5.41) is 3.72. The number of hydrogen-bond acceptors (Lipinski definition) is 5. The van der Waals surface area contributed by atoms with Crippen LogP contribution in [0.15, 0.2) is 10.8 Å². The average Bonchev–Trinajstić information content (AvgIpc) is 2.62. The summed E-state index contributed by atoms with van der Waals surface area (Å²) in [5.74, 6) is 1.23. The standard InChI is InChI=1S/C9H12O5S2.Li.H/c10-16(11,12)3-1-2-7-4-13-8-5-15-6-9(8)14-7;;/h5-7H,1-4H2,(H,10,11,12);;/q;+1;-1. The molecule has 0 saturated carbocycles. The van der Waals surface area contributed by atoms with E-state index in [0.717, 1.165) is 5.75 Å². The third-order valence-electron chi connectivity index (χ3n) is 2.24. The molecule has 0 aromatic carbocycles. The van der Waals surface area contributed by atoms with Gasteiger partial charge in [-0.1, -0.05) is 0 Å².